The second-order valence-electron chi connectivity index (χ2n) is 4.42. The smallest absolute Gasteiger partial charge is 0.257 e. The second-order valence-corrected chi connectivity index (χ2v) is 5.23. The van der Waals surface area contributed by atoms with Gasteiger partial charge >= 0.3 is 0 Å². The van der Waals surface area contributed by atoms with Gasteiger partial charge < -0.3 is 15.2 Å². The molecule has 7 heteroatoms. The molecular formula is C14H15Cl2N3O2. The van der Waals surface area contributed by atoms with Crippen molar-refractivity contribution in [3.05, 3.63) is 39.6 Å². The van der Waals surface area contributed by atoms with E-state index in [4.69, 9.17) is 27.7 Å². The van der Waals surface area contributed by atoms with Crippen LogP contribution in [0, 0.1) is 6.92 Å². The number of likely N-dealkylation sites (N-methyl/N-ethyl adjacent to an activating group) is 1. The van der Waals surface area contributed by atoms with Crippen molar-refractivity contribution < 1.29 is 9.32 Å². The molecule has 112 valence electrons. The first-order valence-corrected chi connectivity index (χ1v) is 7.15. The first-order chi connectivity index (χ1) is 10.1. The quantitative estimate of drug-likeness (QED) is 0.828. The van der Waals surface area contributed by atoms with Crippen molar-refractivity contribution in [1.82, 2.24) is 15.8 Å². The molecule has 5 nitrogen and oxygen atoms in total. The van der Waals surface area contributed by atoms with Crippen molar-refractivity contribution in [2.75, 3.05) is 20.1 Å². The third-order valence-electron chi connectivity index (χ3n) is 2.95. The van der Waals surface area contributed by atoms with E-state index in [0.29, 0.717) is 45.7 Å². The van der Waals surface area contributed by atoms with Crippen LogP contribution < -0.4 is 10.6 Å². The molecule has 0 saturated carbocycles. The summed E-state index contributed by atoms with van der Waals surface area (Å²) in [6.07, 6.45) is 0. The Morgan fingerprint density at radius 3 is 2.57 bits per heavy atom. The van der Waals surface area contributed by atoms with Crippen LogP contribution in [0.5, 0.6) is 0 Å². The van der Waals surface area contributed by atoms with Gasteiger partial charge in [-0.25, -0.2) is 0 Å². The van der Waals surface area contributed by atoms with E-state index in [0.717, 1.165) is 0 Å². The fraction of sp³-hybridized carbons (Fsp3) is 0.286. The molecule has 0 radical (unpaired) electrons. The van der Waals surface area contributed by atoms with Gasteiger partial charge in [0.25, 0.3) is 5.91 Å². The normalized spacial score (nSPS) is 10.7. The molecule has 2 N–H and O–H groups in total. The minimum atomic E-state index is -0.269. The highest BCUT2D eigenvalue weighted by molar-refractivity contribution is 6.39. The van der Waals surface area contributed by atoms with Crippen LogP contribution in [0.25, 0.3) is 11.3 Å². The van der Waals surface area contributed by atoms with Crippen LogP contribution in [0.15, 0.2) is 22.7 Å². The predicted octanol–water partition coefficient (Wildman–Crippen LogP) is 2.91. The minimum Gasteiger partial charge on any atom is -0.360 e. The highest BCUT2D eigenvalue weighted by Gasteiger charge is 2.24. The van der Waals surface area contributed by atoms with E-state index in [-0.39, 0.29) is 5.91 Å². The monoisotopic (exact) mass is 327 g/mol. The Kier molecular flexibility index (Phi) is 5.22. The summed E-state index contributed by atoms with van der Waals surface area (Å²) in [5.74, 6) is 0.151. The predicted molar refractivity (Wildman–Crippen MR) is 83.0 cm³/mol. The van der Waals surface area contributed by atoms with E-state index >= 15 is 0 Å². The average molecular weight is 328 g/mol. The minimum absolute atomic E-state index is 0.269. The van der Waals surface area contributed by atoms with Crippen LogP contribution in [0.1, 0.15) is 16.1 Å². The number of halogens is 2. The molecule has 21 heavy (non-hydrogen) atoms. The van der Waals surface area contributed by atoms with Crippen LogP contribution in [0.2, 0.25) is 10.0 Å². The lowest BCUT2D eigenvalue weighted by atomic mass is 10.1. The lowest BCUT2D eigenvalue weighted by molar-refractivity contribution is 0.0953. The van der Waals surface area contributed by atoms with Gasteiger partial charge in [-0.1, -0.05) is 34.4 Å². The molecule has 0 atom stereocenters. The summed E-state index contributed by atoms with van der Waals surface area (Å²) in [6.45, 7) is 2.84. The third kappa shape index (κ3) is 3.37. The standard InChI is InChI=1S/C14H15Cl2N3O2/c1-8-11(14(20)18-7-6-17-2)13(19-21-8)12-9(15)4-3-5-10(12)16/h3-5,17H,6-7H2,1-2H3,(H,18,20). The Morgan fingerprint density at radius 1 is 1.29 bits per heavy atom. The average Bonchev–Trinajstić information content (AvgIpc) is 2.80. The van der Waals surface area contributed by atoms with Gasteiger partial charge in [0.1, 0.15) is 17.0 Å². The van der Waals surface area contributed by atoms with Crippen molar-refractivity contribution in [2.24, 2.45) is 0 Å². The number of nitrogens with one attached hydrogen (secondary N) is 2. The Morgan fingerprint density at radius 2 is 1.95 bits per heavy atom. The summed E-state index contributed by atoms with van der Waals surface area (Å²) in [5.41, 5.74) is 1.20. The van der Waals surface area contributed by atoms with Crippen LogP contribution >= 0.6 is 23.2 Å². The second kappa shape index (κ2) is 6.93. The zero-order chi connectivity index (χ0) is 15.4. The summed E-state index contributed by atoms with van der Waals surface area (Å²) in [6, 6.07) is 5.11. The Labute approximate surface area is 132 Å². The SMILES string of the molecule is CNCCNC(=O)c1c(-c2c(Cl)cccc2Cl)noc1C. The molecule has 0 fully saturated rings. The fourth-order valence-electron chi connectivity index (χ4n) is 1.92. The van der Waals surface area contributed by atoms with Crippen molar-refractivity contribution in [2.45, 2.75) is 6.92 Å². The van der Waals surface area contributed by atoms with Crippen molar-refractivity contribution in [1.29, 1.82) is 0 Å². The molecule has 1 amide bonds. The maximum Gasteiger partial charge on any atom is 0.257 e. The molecule has 1 heterocycles. The third-order valence-corrected chi connectivity index (χ3v) is 3.58. The molecule has 2 rings (SSSR count). The molecule has 0 saturated heterocycles. The summed E-state index contributed by atoms with van der Waals surface area (Å²) >= 11 is 12.3. The van der Waals surface area contributed by atoms with Gasteiger partial charge in [-0.3, -0.25) is 4.79 Å². The molecule has 0 bridgehead atoms. The molecule has 0 aliphatic rings. The van der Waals surface area contributed by atoms with Gasteiger partial charge in [-0.2, -0.15) is 0 Å². The van der Waals surface area contributed by atoms with E-state index in [9.17, 15) is 4.79 Å². The van der Waals surface area contributed by atoms with Gasteiger partial charge in [0.05, 0.1) is 10.0 Å². The van der Waals surface area contributed by atoms with E-state index in [1.165, 1.54) is 0 Å². The van der Waals surface area contributed by atoms with Crippen molar-refractivity contribution in [3.63, 3.8) is 0 Å². The number of hydrogen-bond donors (Lipinski definition) is 2. The van der Waals surface area contributed by atoms with E-state index < -0.39 is 0 Å². The first kappa shape index (κ1) is 15.8. The van der Waals surface area contributed by atoms with Gasteiger partial charge in [-0.05, 0) is 26.1 Å². The molecule has 0 aliphatic heterocycles. The molecule has 0 unspecified atom stereocenters. The lowest BCUT2D eigenvalue weighted by Crippen LogP contribution is -2.30. The number of nitrogens with zero attached hydrogens (tertiary/aromatic N) is 1. The summed E-state index contributed by atoms with van der Waals surface area (Å²) < 4.78 is 5.14. The van der Waals surface area contributed by atoms with Crippen molar-refractivity contribution in [3.8, 4) is 11.3 Å². The van der Waals surface area contributed by atoms with Crippen LogP contribution in [0.3, 0.4) is 0 Å². The zero-order valence-corrected chi connectivity index (χ0v) is 13.2. The van der Waals surface area contributed by atoms with Crippen molar-refractivity contribution >= 4 is 29.1 Å². The number of carbonyl (C=O) groups excluding carboxylic acids is 1. The summed E-state index contributed by atoms with van der Waals surface area (Å²) in [7, 11) is 1.81. The Bertz CT molecular complexity index is 635. The Hall–Kier alpha value is -1.56. The van der Waals surface area contributed by atoms with Crippen LogP contribution in [-0.4, -0.2) is 31.2 Å². The fourth-order valence-corrected chi connectivity index (χ4v) is 2.50. The Balaban J connectivity index is 2.41. The largest absolute Gasteiger partial charge is 0.360 e. The molecule has 1 aromatic heterocycles. The number of hydrogen-bond acceptors (Lipinski definition) is 4. The molecule has 0 spiro atoms. The highest BCUT2D eigenvalue weighted by Crippen LogP contribution is 2.36. The van der Waals surface area contributed by atoms with E-state index in [1.807, 2.05) is 7.05 Å². The van der Waals surface area contributed by atoms with Crippen LogP contribution in [-0.2, 0) is 0 Å². The molecule has 1 aromatic carbocycles. The number of aromatic nitrogens is 1. The molecule has 0 aliphatic carbocycles. The van der Waals surface area contributed by atoms with Gasteiger partial charge in [0, 0.05) is 18.7 Å². The number of aryl methyl sites for hydroxylation is 1. The zero-order valence-electron chi connectivity index (χ0n) is 11.7. The van der Waals surface area contributed by atoms with Crippen LogP contribution in [0.4, 0.5) is 0 Å². The van der Waals surface area contributed by atoms with Gasteiger partial charge in [0.2, 0.25) is 0 Å². The van der Waals surface area contributed by atoms with E-state index in [2.05, 4.69) is 15.8 Å². The van der Waals surface area contributed by atoms with Gasteiger partial charge in [0.15, 0.2) is 0 Å². The molecular weight excluding hydrogens is 313 g/mol. The topological polar surface area (TPSA) is 67.2 Å². The van der Waals surface area contributed by atoms with Gasteiger partial charge in [-0.15, -0.1) is 0 Å². The number of rotatable bonds is 5. The summed E-state index contributed by atoms with van der Waals surface area (Å²) in [5, 5.41) is 10.5. The summed E-state index contributed by atoms with van der Waals surface area (Å²) in [4.78, 5) is 12.3. The lowest BCUT2D eigenvalue weighted by Gasteiger charge is -2.07. The number of carbonyl (C=O) groups is 1. The molecule has 2 aromatic rings. The number of amides is 1. The maximum absolute atomic E-state index is 12.3. The highest BCUT2D eigenvalue weighted by atomic mass is 35.5. The van der Waals surface area contributed by atoms with E-state index in [1.54, 1.807) is 25.1 Å². The number of benzene rings is 1. The first-order valence-electron chi connectivity index (χ1n) is 6.39. The maximum atomic E-state index is 12.3.